The number of amides is 1. The molecule has 1 atom stereocenters. The Kier molecular flexibility index (Phi) is 7.54. The number of fused-ring (bicyclic) bond motifs is 1. The number of carbonyl (C=O) groups is 1. The summed E-state index contributed by atoms with van der Waals surface area (Å²) in [4.78, 5) is 14.4. The van der Waals surface area contributed by atoms with E-state index in [4.69, 9.17) is 18.9 Å². The lowest BCUT2D eigenvalue weighted by Crippen LogP contribution is -2.42. The van der Waals surface area contributed by atoms with Gasteiger partial charge in [-0.25, -0.2) is 0 Å². The van der Waals surface area contributed by atoms with Gasteiger partial charge in [0, 0.05) is 26.7 Å². The van der Waals surface area contributed by atoms with E-state index in [0.717, 1.165) is 42.1 Å². The molecule has 0 spiro atoms. The highest BCUT2D eigenvalue weighted by Gasteiger charge is 2.29. The molecular weight excluding hydrogens is 384 g/mol. The van der Waals surface area contributed by atoms with Crippen LogP contribution in [0.4, 0.5) is 0 Å². The van der Waals surface area contributed by atoms with Gasteiger partial charge in [0.25, 0.3) is 0 Å². The van der Waals surface area contributed by atoms with Crippen LogP contribution in [0.2, 0.25) is 0 Å². The zero-order chi connectivity index (χ0) is 21.5. The molecule has 2 aromatic carbocycles. The number of nitrogens with zero attached hydrogens (tertiary/aromatic N) is 1. The van der Waals surface area contributed by atoms with Crippen LogP contribution in [-0.2, 0) is 22.5 Å². The lowest BCUT2D eigenvalue weighted by molar-refractivity contribution is -0.125. The third-order valence-corrected chi connectivity index (χ3v) is 5.40. The Labute approximate surface area is 177 Å². The molecule has 30 heavy (non-hydrogen) atoms. The van der Waals surface area contributed by atoms with Gasteiger partial charge in [-0.2, -0.15) is 0 Å². The maximum Gasteiger partial charge on any atom is 0.246 e. The maximum atomic E-state index is 12.1. The van der Waals surface area contributed by atoms with Crippen LogP contribution in [-0.4, -0.2) is 58.9 Å². The minimum atomic E-state index is -0.133. The van der Waals surface area contributed by atoms with Gasteiger partial charge in [-0.05, 0) is 47.4 Å². The summed E-state index contributed by atoms with van der Waals surface area (Å²) >= 11 is 0. The van der Waals surface area contributed by atoms with Crippen molar-refractivity contribution in [3.63, 3.8) is 0 Å². The Hall–Kier alpha value is -2.77. The Morgan fingerprint density at radius 3 is 2.53 bits per heavy atom. The smallest absolute Gasteiger partial charge is 0.246 e. The van der Waals surface area contributed by atoms with Crippen LogP contribution in [0.3, 0.4) is 0 Å². The van der Waals surface area contributed by atoms with Gasteiger partial charge in [0.15, 0.2) is 11.5 Å². The number of hydrogen-bond donors (Lipinski definition) is 1. The van der Waals surface area contributed by atoms with E-state index in [1.54, 1.807) is 21.3 Å². The molecule has 1 aliphatic rings. The highest BCUT2D eigenvalue weighted by molar-refractivity contribution is 5.77. The zero-order valence-electron chi connectivity index (χ0n) is 18.1. The van der Waals surface area contributed by atoms with Crippen LogP contribution in [0, 0.1) is 0 Å². The van der Waals surface area contributed by atoms with Gasteiger partial charge in [-0.1, -0.05) is 12.1 Å². The van der Waals surface area contributed by atoms with Crippen molar-refractivity contribution >= 4 is 5.91 Å². The lowest BCUT2D eigenvalue weighted by Gasteiger charge is -2.38. The second kappa shape index (κ2) is 10.3. The second-order valence-electron chi connectivity index (χ2n) is 7.23. The van der Waals surface area contributed by atoms with E-state index in [2.05, 4.69) is 16.3 Å². The van der Waals surface area contributed by atoms with Crippen molar-refractivity contribution in [1.82, 2.24) is 10.2 Å². The first-order valence-corrected chi connectivity index (χ1v) is 9.97. The molecule has 0 saturated heterocycles. The van der Waals surface area contributed by atoms with Gasteiger partial charge in [-0.15, -0.1) is 0 Å². The SMILES string of the molecule is COCC(=O)NC[C@@H]1c2cc(OC)c(OC)cc2CCN1Cc1cccc(OC)c1. The number of methoxy groups -OCH3 is 4. The first-order chi connectivity index (χ1) is 14.6. The number of carbonyl (C=O) groups excluding carboxylic acids is 1. The van der Waals surface area contributed by atoms with E-state index in [1.807, 2.05) is 30.3 Å². The van der Waals surface area contributed by atoms with Crippen molar-refractivity contribution in [2.24, 2.45) is 0 Å². The molecule has 0 fully saturated rings. The van der Waals surface area contributed by atoms with E-state index in [1.165, 1.54) is 12.7 Å². The number of nitrogens with one attached hydrogen (secondary N) is 1. The molecule has 3 rings (SSSR count). The van der Waals surface area contributed by atoms with Gasteiger partial charge < -0.3 is 24.3 Å². The average Bonchev–Trinajstić information content (AvgIpc) is 2.77. The van der Waals surface area contributed by atoms with Crippen molar-refractivity contribution in [2.75, 3.05) is 48.1 Å². The quantitative estimate of drug-likeness (QED) is 0.680. The van der Waals surface area contributed by atoms with Crippen molar-refractivity contribution < 1.29 is 23.7 Å². The summed E-state index contributed by atoms with van der Waals surface area (Å²) in [6, 6.07) is 12.1. The fraction of sp³-hybridized carbons (Fsp3) is 0.435. The van der Waals surface area contributed by atoms with E-state index in [9.17, 15) is 4.79 Å². The summed E-state index contributed by atoms with van der Waals surface area (Å²) in [6.07, 6.45) is 0.891. The van der Waals surface area contributed by atoms with Gasteiger partial charge >= 0.3 is 0 Å². The fourth-order valence-corrected chi connectivity index (χ4v) is 3.91. The fourth-order valence-electron chi connectivity index (χ4n) is 3.91. The molecule has 0 radical (unpaired) electrons. The summed E-state index contributed by atoms with van der Waals surface area (Å²) in [5.41, 5.74) is 3.51. The number of rotatable bonds is 9. The van der Waals surface area contributed by atoms with Crippen LogP contribution < -0.4 is 19.5 Å². The lowest BCUT2D eigenvalue weighted by atomic mass is 9.91. The molecule has 1 N–H and O–H groups in total. The molecule has 1 heterocycles. The van der Waals surface area contributed by atoms with Crippen LogP contribution >= 0.6 is 0 Å². The topological polar surface area (TPSA) is 69.3 Å². The molecule has 1 amide bonds. The number of hydrogen-bond acceptors (Lipinski definition) is 6. The van der Waals surface area contributed by atoms with Gasteiger partial charge in [0.05, 0.1) is 27.4 Å². The predicted octanol–water partition coefficient (Wildman–Crippen LogP) is 2.57. The van der Waals surface area contributed by atoms with Crippen LogP contribution in [0.25, 0.3) is 0 Å². The normalized spacial score (nSPS) is 15.9. The molecule has 0 bridgehead atoms. The molecule has 7 heteroatoms. The molecule has 0 aromatic heterocycles. The van der Waals surface area contributed by atoms with Crippen molar-refractivity contribution in [3.05, 3.63) is 53.1 Å². The molecule has 0 unspecified atom stereocenters. The van der Waals surface area contributed by atoms with E-state index < -0.39 is 0 Å². The molecule has 2 aromatic rings. The standard InChI is InChI=1S/C23H30N2O5/c1-27-15-23(26)24-13-20-19-12-22(30-4)21(29-3)11-17(19)8-9-25(20)14-16-6-5-7-18(10-16)28-2/h5-7,10-12,20H,8-9,13-15H2,1-4H3,(H,24,26)/t20-/m1/s1. The molecule has 1 aliphatic heterocycles. The second-order valence-corrected chi connectivity index (χ2v) is 7.23. The Morgan fingerprint density at radius 2 is 1.83 bits per heavy atom. The third kappa shape index (κ3) is 5.04. The zero-order valence-corrected chi connectivity index (χ0v) is 18.1. The molecule has 0 aliphatic carbocycles. The summed E-state index contributed by atoms with van der Waals surface area (Å²) in [5, 5.41) is 3.00. The van der Waals surface area contributed by atoms with Crippen molar-refractivity contribution in [3.8, 4) is 17.2 Å². The Bertz CT molecular complexity index is 871. The minimum absolute atomic E-state index is 0.000522. The number of ether oxygens (including phenoxy) is 4. The summed E-state index contributed by atoms with van der Waals surface area (Å²) in [5.74, 6) is 2.11. The summed E-state index contributed by atoms with van der Waals surface area (Å²) < 4.78 is 21.3. The van der Waals surface area contributed by atoms with E-state index >= 15 is 0 Å². The monoisotopic (exact) mass is 414 g/mol. The molecule has 162 valence electrons. The van der Waals surface area contributed by atoms with Crippen LogP contribution in [0.15, 0.2) is 36.4 Å². The van der Waals surface area contributed by atoms with Gasteiger partial charge in [0.2, 0.25) is 5.91 Å². The summed E-state index contributed by atoms with van der Waals surface area (Å²) in [6.45, 7) is 2.14. The maximum absolute atomic E-state index is 12.1. The van der Waals surface area contributed by atoms with Gasteiger partial charge in [0.1, 0.15) is 12.4 Å². The largest absolute Gasteiger partial charge is 0.497 e. The van der Waals surface area contributed by atoms with Gasteiger partial charge in [-0.3, -0.25) is 9.69 Å². The highest BCUT2D eigenvalue weighted by atomic mass is 16.5. The minimum Gasteiger partial charge on any atom is -0.497 e. The van der Waals surface area contributed by atoms with E-state index in [-0.39, 0.29) is 18.6 Å². The van der Waals surface area contributed by atoms with Crippen LogP contribution in [0.1, 0.15) is 22.7 Å². The average molecular weight is 415 g/mol. The molecular formula is C23H30N2O5. The number of benzene rings is 2. The summed E-state index contributed by atoms with van der Waals surface area (Å²) in [7, 11) is 6.47. The molecule has 0 saturated carbocycles. The molecule has 7 nitrogen and oxygen atoms in total. The first kappa shape index (κ1) is 21.9. The van der Waals surface area contributed by atoms with E-state index in [0.29, 0.717) is 12.3 Å². The highest BCUT2D eigenvalue weighted by Crippen LogP contribution is 2.38. The Morgan fingerprint density at radius 1 is 1.07 bits per heavy atom. The van der Waals surface area contributed by atoms with Crippen molar-refractivity contribution in [1.29, 1.82) is 0 Å². The Balaban J connectivity index is 1.90. The first-order valence-electron chi connectivity index (χ1n) is 9.97. The van der Waals surface area contributed by atoms with Crippen molar-refractivity contribution in [2.45, 2.75) is 19.0 Å². The predicted molar refractivity (Wildman–Crippen MR) is 114 cm³/mol. The van der Waals surface area contributed by atoms with Crippen LogP contribution in [0.5, 0.6) is 17.2 Å². The third-order valence-electron chi connectivity index (χ3n) is 5.40.